The molecule has 8 heteroatoms. The summed E-state index contributed by atoms with van der Waals surface area (Å²) in [6, 6.07) is 5.38. The Bertz CT molecular complexity index is 675. The maximum atomic E-state index is 13.6. The number of benzene rings is 1. The Morgan fingerprint density at radius 2 is 2.35 bits per heavy atom. The number of anilines is 1. The molecule has 0 aliphatic carbocycles. The monoisotopic (exact) mass is 274 g/mol. The number of aromatic nitrogens is 4. The minimum atomic E-state index is -0.775. The van der Waals surface area contributed by atoms with Gasteiger partial charge in [0.2, 0.25) is 0 Å². The van der Waals surface area contributed by atoms with Gasteiger partial charge in [-0.2, -0.15) is 10.1 Å². The first kappa shape index (κ1) is 13.6. The van der Waals surface area contributed by atoms with Gasteiger partial charge in [0.1, 0.15) is 5.82 Å². The van der Waals surface area contributed by atoms with E-state index in [9.17, 15) is 9.18 Å². The standard InChI is InChI=1S/C12H11FN6O/c1-2-5-19-17-12(16-18-19)15-11(20)9-4-3-8(7-14)6-10(9)13/h3-4,6H,2,5H2,1H3,(H,15,17,20). The van der Waals surface area contributed by atoms with Gasteiger partial charge >= 0.3 is 0 Å². The molecule has 0 unspecified atom stereocenters. The first-order valence-electron chi connectivity index (χ1n) is 5.93. The van der Waals surface area contributed by atoms with E-state index in [1.807, 2.05) is 6.92 Å². The molecular weight excluding hydrogens is 263 g/mol. The first-order valence-corrected chi connectivity index (χ1v) is 5.93. The normalized spacial score (nSPS) is 10.1. The van der Waals surface area contributed by atoms with Gasteiger partial charge in [-0.3, -0.25) is 10.1 Å². The van der Waals surface area contributed by atoms with Crippen LogP contribution in [0.1, 0.15) is 29.3 Å². The molecular formula is C12H11FN6O. The van der Waals surface area contributed by atoms with Crippen LogP contribution in [0.5, 0.6) is 0 Å². The molecule has 0 spiro atoms. The van der Waals surface area contributed by atoms with E-state index >= 15 is 0 Å². The second-order valence-corrected chi connectivity index (χ2v) is 3.97. The van der Waals surface area contributed by atoms with Crippen molar-refractivity contribution in [1.82, 2.24) is 20.2 Å². The summed E-state index contributed by atoms with van der Waals surface area (Å²) in [5.41, 5.74) is -0.0399. The van der Waals surface area contributed by atoms with Crippen molar-refractivity contribution in [1.29, 1.82) is 5.26 Å². The van der Waals surface area contributed by atoms with Crippen molar-refractivity contribution < 1.29 is 9.18 Å². The molecule has 0 bridgehead atoms. The van der Waals surface area contributed by atoms with Gasteiger partial charge in [-0.05, 0) is 29.8 Å². The number of aryl methyl sites for hydroxylation is 1. The Hall–Kier alpha value is -2.82. The maximum Gasteiger partial charge on any atom is 0.270 e. The van der Waals surface area contributed by atoms with E-state index < -0.39 is 11.7 Å². The van der Waals surface area contributed by atoms with Crippen LogP contribution in [0.25, 0.3) is 0 Å². The van der Waals surface area contributed by atoms with Crippen LogP contribution in [-0.4, -0.2) is 26.1 Å². The molecule has 1 N–H and O–H groups in total. The van der Waals surface area contributed by atoms with Gasteiger partial charge in [-0.1, -0.05) is 12.0 Å². The molecule has 0 aliphatic rings. The first-order chi connectivity index (χ1) is 9.63. The molecule has 1 amide bonds. The van der Waals surface area contributed by atoms with Crippen LogP contribution in [0.4, 0.5) is 10.3 Å². The fourth-order valence-electron chi connectivity index (χ4n) is 1.53. The van der Waals surface area contributed by atoms with Crippen LogP contribution in [-0.2, 0) is 6.54 Å². The number of nitrogens with one attached hydrogen (secondary N) is 1. The number of carbonyl (C=O) groups is 1. The minimum absolute atomic E-state index is 0.00668. The molecule has 7 nitrogen and oxygen atoms in total. The van der Waals surface area contributed by atoms with Crippen molar-refractivity contribution in [2.45, 2.75) is 19.9 Å². The largest absolute Gasteiger partial charge is 0.288 e. The molecule has 102 valence electrons. The highest BCUT2D eigenvalue weighted by molar-refractivity contribution is 6.03. The molecule has 1 aromatic carbocycles. The number of nitriles is 1. The summed E-state index contributed by atoms with van der Waals surface area (Å²) in [5, 5.41) is 22.3. The second-order valence-electron chi connectivity index (χ2n) is 3.97. The quantitative estimate of drug-likeness (QED) is 0.907. The predicted molar refractivity (Wildman–Crippen MR) is 67.2 cm³/mol. The summed E-state index contributed by atoms with van der Waals surface area (Å²) in [6.07, 6.45) is 0.827. The van der Waals surface area contributed by atoms with Crippen molar-refractivity contribution in [3.63, 3.8) is 0 Å². The number of amides is 1. The lowest BCUT2D eigenvalue weighted by Gasteiger charge is -2.02. The Kier molecular flexibility index (Phi) is 4.00. The van der Waals surface area contributed by atoms with Gasteiger partial charge in [0, 0.05) is 0 Å². The third kappa shape index (κ3) is 2.95. The number of hydrogen-bond acceptors (Lipinski definition) is 5. The Morgan fingerprint density at radius 1 is 1.55 bits per heavy atom. The highest BCUT2D eigenvalue weighted by Gasteiger charge is 2.14. The zero-order valence-corrected chi connectivity index (χ0v) is 10.7. The van der Waals surface area contributed by atoms with Gasteiger partial charge in [0.05, 0.1) is 23.7 Å². The Balaban J connectivity index is 2.13. The fourth-order valence-corrected chi connectivity index (χ4v) is 1.53. The number of nitrogens with zero attached hydrogens (tertiary/aromatic N) is 5. The summed E-state index contributed by atoms with van der Waals surface area (Å²) in [6.45, 7) is 2.53. The van der Waals surface area contributed by atoms with Crippen LogP contribution in [0.2, 0.25) is 0 Å². The van der Waals surface area contributed by atoms with E-state index in [0.717, 1.165) is 12.5 Å². The van der Waals surface area contributed by atoms with Gasteiger partial charge in [-0.15, -0.1) is 5.10 Å². The van der Waals surface area contributed by atoms with Crippen molar-refractivity contribution >= 4 is 11.9 Å². The lowest BCUT2D eigenvalue weighted by Crippen LogP contribution is -2.15. The van der Waals surface area contributed by atoms with Gasteiger partial charge in [0.15, 0.2) is 0 Å². The third-order valence-electron chi connectivity index (χ3n) is 2.44. The van der Waals surface area contributed by atoms with Crippen LogP contribution in [0.3, 0.4) is 0 Å². The number of rotatable bonds is 4. The molecule has 0 radical (unpaired) electrons. The molecule has 0 saturated heterocycles. The van der Waals surface area contributed by atoms with E-state index in [2.05, 4.69) is 20.7 Å². The number of carbonyl (C=O) groups excluding carboxylic acids is 1. The smallest absolute Gasteiger partial charge is 0.270 e. The lowest BCUT2D eigenvalue weighted by atomic mass is 10.1. The summed E-state index contributed by atoms with van der Waals surface area (Å²) in [7, 11) is 0. The maximum absolute atomic E-state index is 13.6. The van der Waals surface area contributed by atoms with E-state index in [0.29, 0.717) is 6.54 Å². The molecule has 2 rings (SSSR count). The Labute approximate surface area is 114 Å². The second kappa shape index (κ2) is 5.88. The zero-order valence-electron chi connectivity index (χ0n) is 10.7. The highest BCUT2D eigenvalue weighted by Crippen LogP contribution is 2.11. The van der Waals surface area contributed by atoms with Gasteiger partial charge in [0.25, 0.3) is 11.9 Å². The van der Waals surface area contributed by atoms with Gasteiger partial charge < -0.3 is 0 Å². The fraction of sp³-hybridized carbons (Fsp3) is 0.250. The summed E-state index contributed by atoms with van der Waals surface area (Å²) in [4.78, 5) is 13.2. The highest BCUT2D eigenvalue weighted by atomic mass is 19.1. The lowest BCUT2D eigenvalue weighted by molar-refractivity contribution is 0.102. The van der Waals surface area contributed by atoms with Crippen molar-refractivity contribution in [3.8, 4) is 6.07 Å². The van der Waals surface area contributed by atoms with Crippen LogP contribution < -0.4 is 5.32 Å². The molecule has 1 aromatic heterocycles. The molecule has 0 saturated carbocycles. The molecule has 1 heterocycles. The summed E-state index contributed by atoms with van der Waals surface area (Å²) in [5.74, 6) is -1.46. The Morgan fingerprint density at radius 3 is 3.00 bits per heavy atom. The minimum Gasteiger partial charge on any atom is -0.288 e. The predicted octanol–water partition coefficient (Wildman–Crippen LogP) is 1.35. The van der Waals surface area contributed by atoms with Crippen LogP contribution in [0, 0.1) is 17.1 Å². The molecule has 0 aliphatic heterocycles. The van der Waals surface area contributed by atoms with E-state index in [-0.39, 0.29) is 17.1 Å². The molecule has 0 fully saturated rings. The van der Waals surface area contributed by atoms with Crippen molar-refractivity contribution in [3.05, 3.63) is 35.1 Å². The zero-order chi connectivity index (χ0) is 14.5. The van der Waals surface area contributed by atoms with Crippen LogP contribution >= 0.6 is 0 Å². The average Bonchev–Trinajstić information content (AvgIpc) is 2.86. The topological polar surface area (TPSA) is 96.5 Å². The third-order valence-corrected chi connectivity index (χ3v) is 2.44. The SMILES string of the molecule is CCCn1nnc(NC(=O)c2ccc(C#N)cc2F)n1. The van der Waals surface area contributed by atoms with Crippen molar-refractivity contribution in [2.75, 3.05) is 5.32 Å². The number of hydrogen-bond donors (Lipinski definition) is 1. The molecule has 2 aromatic rings. The van der Waals surface area contributed by atoms with E-state index in [4.69, 9.17) is 5.26 Å². The molecule has 0 atom stereocenters. The van der Waals surface area contributed by atoms with Gasteiger partial charge in [-0.25, -0.2) is 4.39 Å². The average molecular weight is 274 g/mol. The number of tetrazole rings is 1. The van der Waals surface area contributed by atoms with Crippen LogP contribution in [0.15, 0.2) is 18.2 Å². The molecule has 20 heavy (non-hydrogen) atoms. The van der Waals surface area contributed by atoms with E-state index in [1.165, 1.54) is 16.9 Å². The van der Waals surface area contributed by atoms with Crippen molar-refractivity contribution in [2.24, 2.45) is 0 Å². The van der Waals surface area contributed by atoms with E-state index in [1.54, 1.807) is 6.07 Å². The summed E-state index contributed by atoms with van der Waals surface area (Å²) < 4.78 is 13.6. The summed E-state index contributed by atoms with van der Waals surface area (Å²) >= 11 is 0. The number of halogens is 1.